The van der Waals surface area contributed by atoms with Crippen LogP contribution in [0.5, 0.6) is 0 Å². The van der Waals surface area contributed by atoms with E-state index in [0.717, 1.165) is 18.4 Å². The average Bonchev–Trinajstić information content (AvgIpc) is 2.03. The van der Waals surface area contributed by atoms with E-state index in [1.165, 1.54) is 0 Å². The molecule has 1 aromatic heterocycles. The SMILES string of the molecule is C[C@@H](O)CCc1ccc(Cl)nc1. The highest BCUT2D eigenvalue weighted by Crippen LogP contribution is 2.07. The second kappa shape index (κ2) is 4.43. The van der Waals surface area contributed by atoms with Gasteiger partial charge in [0.25, 0.3) is 0 Å². The second-order valence-corrected chi connectivity index (χ2v) is 3.26. The minimum atomic E-state index is -0.249. The molecule has 1 rings (SSSR count). The molecular formula is C9H12ClNO. The normalized spacial score (nSPS) is 12.9. The number of nitrogens with zero attached hydrogens (tertiary/aromatic N) is 1. The molecule has 1 N–H and O–H groups in total. The monoisotopic (exact) mass is 185 g/mol. The summed E-state index contributed by atoms with van der Waals surface area (Å²) in [4.78, 5) is 3.94. The number of hydrogen-bond donors (Lipinski definition) is 1. The zero-order chi connectivity index (χ0) is 8.97. The largest absolute Gasteiger partial charge is 0.393 e. The van der Waals surface area contributed by atoms with Gasteiger partial charge in [-0.05, 0) is 31.4 Å². The molecule has 0 unspecified atom stereocenters. The van der Waals surface area contributed by atoms with Crippen LogP contribution in [-0.2, 0) is 6.42 Å². The van der Waals surface area contributed by atoms with E-state index in [4.69, 9.17) is 16.7 Å². The molecule has 0 aliphatic rings. The Kier molecular flexibility index (Phi) is 3.50. The van der Waals surface area contributed by atoms with E-state index in [1.807, 2.05) is 6.07 Å². The first-order valence-corrected chi connectivity index (χ1v) is 4.35. The minimum absolute atomic E-state index is 0.249. The van der Waals surface area contributed by atoms with Crippen molar-refractivity contribution in [1.29, 1.82) is 0 Å². The highest BCUT2D eigenvalue weighted by Gasteiger charge is 1.97. The fraction of sp³-hybridized carbons (Fsp3) is 0.444. The van der Waals surface area contributed by atoms with E-state index in [1.54, 1.807) is 19.2 Å². The van der Waals surface area contributed by atoms with Gasteiger partial charge in [-0.3, -0.25) is 0 Å². The lowest BCUT2D eigenvalue weighted by Gasteiger charge is -2.02. The summed E-state index contributed by atoms with van der Waals surface area (Å²) in [5.74, 6) is 0. The number of aliphatic hydroxyl groups is 1. The summed E-state index contributed by atoms with van der Waals surface area (Å²) in [6.45, 7) is 1.78. The third kappa shape index (κ3) is 3.20. The fourth-order valence-corrected chi connectivity index (χ4v) is 1.04. The van der Waals surface area contributed by atoms with Crippen molar-refractivity contribution in [2.24, 2.45) is 0 Å². The lowest BCUT2D eigenvalue weighted by Crippen LogP contribution is -2.01. The maximum absolute atomic E-state index is 9.02. The van der Waals surface area contributed by atoms with Gasteiger partial charge >= 0.3 is 0 Å². The molecule has 1 atom stereocenters. The van der Waals surface area contributed by atoms with Crippen LogP contribution in [0.25, 0.3) is 0 Å². The van der Waals surface area contributed by atoms with Crippen molar-refractivity contribution in [1.82, 2.24) is 4.98 Å². The van der Waals surface area contributed by atoms with Gasteiger partial charge in [-0.15, -0.1) is 0 Å². The molecule has 0 aromatic carbocycles. The van der Waals surface area contributed by atoms with Crippen molar-refractivity contribution >= 4 is 11.6 Å². The number of pyridine rings is 1. The van der Waals surface area contributed by atoms with Gasteiger partial charge in [0.2, 0.25) is 0 Å². The highest BCUT2D eigenvalue weighted by atomic mass is 35.5. The van der Waals surface area contributed by atoms with Gasteiger partial charge in [-0.1, -0.05) is 17.7 Å². The van der Waals surface area contributed by atoms with E-state index in [-0.39, 0.29) is 6.10 Å². The van der Waals surface area contributed by atoms with Crippen molar-refractivity contribution < 1.29 is 5.11 Å². The van der Waals surface area contributed by atoms with E-state index in [9.17, 15) is 0 Å². The second-order valence-electron chi connectivity index (χ2n) is 2.88. The van der Waals surface area contributed by atoms with Gasteiger partial charge < -0.3 is 5.11 Å². The van der Waals surface area contributed by atoms with Crippen molar-refractivity contribution in [3.05, 3.63) is 29.0 Å². The van der Waals surface area contributed by atoms with Gasteiger partial charge in [0, 0.05) is 6.20 Å². The molecule has 1 heterocycles. The van der Waals surface area contributed by atoms with E-state index in [0.29, 0.717) is 5.15 Å². The van der Waals surface area contributed by atoms with Gasteiger partial charge in [-0.25, -0.2) is 4.98 Å². The summed E-state index contributed by atoms with van der Waals surface area (Å²) in [7, 11) is 0. The predicted molar refractivity (Wildman–Crippen MR) is 49.2 cm³/mol. The molecule has 0 bridgehead atoms. The summed E-state index contributed by atoms with van der Waals surface area (Å²) in [5, 5.41) is 9.53. The number of hydrogen-bond acceptors (Lipinski definition) is 2. The van der Waals surface area contributed by atoms with E-state index < -0.39 is 0 Å². The van der Waals surface area contributed by atoms with Gasteiger partial charge in [0.15, 0.2) is 0 Å². The van der Waals surface area contributed by atoms with Gasteiger partial charge in [0.05, 0.1) is 6.10 Å². The first kappa shape index (κ1) is 9.49. The van der Waals surface area contributed by atoms with Crippen LogP contribution in [-0.4, -0.2) is 16.2 Å². The molecule has 0 saturated heterocycles. The number of aromatic nitrogens is 1. The molecule has 3 heteroatoms. The van der Waals surface area contributed by atoms with Crippen molar-refractivity contribution in [3.8, 4) is 0 Å². The molecule has 0 aliphatic heterocycles. The Balaban J connectivity index is 2.48. The summed E-state index contributed by atoms with van der Waals surface area (Å²) < 4.78 is 0. The third-order valence-electron chi connectivity index (χ3n) is 1.64. The number of aryl methyl sites for hydroxylation is 1. The standard InChI is InChI=1S/C9H12ClNO/c1-7(12)2-3-8-4-5-9(10)11-6-8/h4-7,12H,2-3H2,1H3/t7-/m1/s1. The Bertz CT molecular complexity index is 233. The molecule has 0 saturated carbocycles. The van der Waals surface area contributed by atoms with Gasteiger partial charge in [-0.2, -0.15) is 0 Å². The van der Waals surface area contributed by atoms with Crippen molar-refractivity contribution in [2.45, 2.75) is 25.9 Å². The molecule has 0 spiro atoms. The molecule has 0 amide bonds. The number of halogens is 1. The average molecular weight is 186 g/mol. The summed E-state index contributed by atoms with van der Waals surface area (Å²) in [6.07, 6.45) is 3.11. The van der Waals surface area contributed by atoms with Crippen LogP contribution in [0.1, 0.15) is 18.9 Å². The minimum Gasteiger partial charge on any atom is -0.393 e. The molecule has 66 valence electrons. The summed E-state index contributed by atoms with van der Waals surface area (Å²) in [5.41, 5.74) is 1.11. The Labute approximate surface area is 77.2 Å². The van der Waals surface area contributed by atoms with Crippen molar-refractivity contribution in [3.63, 3.8) is 0 Å². The van der Waals surface area contributed by atoms with E-state index in [2.05, 4.69) is 4.98 Å². The van der Waals surface area contributed by atoms with Crippen molar-refractivity contribution in [2.75, 3.05) is 0 Å². The predicted octanol–water partition coefficient (Wildman–Crippen LogP) is 2.05. The van der Waals surface area contributed by atoms with E-state index >= 15 is 0 Å². The highest BCUT2D eigenvalue weighted by molar-refractivity contribution is 6.29. The molecule has 12 heavy (non-hydrogen) atoms. The van der Waals surface area contributed by atoms with Crippen LogP contribution in [0.2, 0.25) is 5.15 Å². The van der Waals surface area contributed by atoms with Crippen LogP contribution >= 0.6 is 11.6 Å². The van der Waals surface area contributed by atoms with Crippen LogP contribution in [0.4, 0.5) is 0 Å². The maximum Gasteiger partial charge on any atom is 0.129 e. The molecule has 1 aromatic rings. The Morgan fingerprint density at radius 2 is 2.33 bits per heavy atom. The van der Waals surface area contributed by atoms with Crippen LogP contribution in [0.15, 0.2) is 18.3 Å². The fourth-order valence-electron chi connectivity index (χ4n) is 0.930. The van der Waals surface area contributed by atoms with Crippen LogP contribution in [0.3, 0.4) is 0 Å². The molecule has 0 radical (unpaired) electrons. The number of rotatable bonds is 3. The summed E-state index contributed by atoms with van der Waals surface area (Å²) >= 11 is 5.61. The summed E-state index contributed by atoms with van der Waals surface area (Å²) in [6, 6.07) is 3.69. The number of aliphatic hydroxyl groups excluding tert-OH is 1. The first-order chi connectivity index (χ1) is 5.68. The Morgan fingerprint density at radius 3 is 2.83 bits per heavy atom. The third-order valence-corrected chi connectivity index (χ3v) is 1.86. The molecule has 0 fully saturated rings. The topological polar surface area (TPSA) is 33.1 Å². The van der Waals surface area contributed by atoms with Gasteiger partial charge in [0.1, 0.15) is 5.15 Å². The Morgan fingerprint density at radius 1 is 1.58 bits per heavy atom. The first-order valence-electron chi connectivity index (χ1n) is 3.97. The Hall–Kier alpha value is -0.600. The zero-order valence-corrected chi connectivity index (χ0v) is 7.75. The van der Waals surface area contributed by atoms with Crippen LogP contribution < -0.4 is 0 Å². The smallest absolute Gasteiger partial charge is 0.129 e. The molecular weight excluding hydrogens is 174 g/mol. The van der Waals surface area contributed by atoms with Crippen LogP contribution in [0, 0.1) is 0 Å². The maximum atomic E-state index is 9.02. The lowest BCUT2D eigenvalue weighted by molar-refractivity contribution is 0.185. The zero-order valence-electron chi connectivity index (χ0n) is 7.00. The molecule has 2 nitrogen and oxygen atoms in total. The molecule has 0 aliphatic carbocycles. The lowest BCUT2D eigenvalue weighted by atomic mass is 10.1. The quantitative estimate of drug-likeness (QED) is 0.732.